The maximum absolute atomic E-state index is 5.84. The first-order valence-corrected chi connectivity index (χ1v) is 8.06. The summed E-state index contributed by atoms with van der Waals surface area (Å²) in [5.41, 5.74) is 4.31. The van der Waals surface area contributed by atoms with E-state index < -0.39 is 0 Å². The molecule has 0 saturated heterocycles. The summed E-state index contributed by atoms with van der Waals surface area (Å²) in [6.45, 7) is 5.98. The fourth-order valence-electron chi connectivity index (χ4n) is 3.32. The lowest BCUT2D eigenvalue weighted by Crippen LogP contribution is -2.36. The molecule has 0 radical (unpaired) electrons. The minimum Gasteiger partial charge on any atom is -0.376 e. The van der Waals surface area contributed by atoms with Crippen LogP contribution < -0.4 is 0 Å². The number of fused-ring (bicyclic) bond motifs is 1. The van der Waals surface area contributed by atoms with E-state index in [1.807, 2.05) is 0 Å². The largest absolute Gasteiger partial charge is 0.376 e. The van der Waals surface area contributed by atoms with Crippen molar-refractivity contribution in [2.45, 2.75) is 31.9 Å². The second-order valence-electron chi connectivity index (χ2n) is 6.68. The van der Waals surface area contributed by atoms with Crippen molar-refractivity contribution in [3.8, 4) is 0 Å². The summed E-state index contributed by atoms with van der Waals surface area (Å²) in [6, 6.07) is 19.4. The van der Waals surface area contributed by atoms with Crippen molar-refractivity contribution in [2.24, 2.45) is 0 Å². The van der Waals surface area contributed by atoms with Gasteiger partial charge in [0.2, 0.25) is 0 Å². The second kappa shape index (κ2) is 6.64. The topological polar surface area (TPSA) is 12.5 Å². The van der Waals surface area contributed by atoms with Gasteiger partial charge in [-0.05, 0) is 36.7 Å². The molecule has 1 heterocycles. The highest BCUT2D eigenvalue weighted by molar-refractivity contribution is 5.35. The molecule has 2 aromatic rings. The first kappa shape index (κ1) is 15.3. The van der Waals surface area contributed by atoms with Gasteiger partial charge >= 0.3 is 0 Å². The van der Waals surface area contributed by atoms with E-state index in [-0.39, 0.29) is 5.41 Å². The lowest BCUT2D eigenvalue weighted by atomic mass is 9.76. The van der Waals surface area contributed by atoms with E-state index in [0.717, 1.165) is 32.7 Å². The molecule has 2 heteroatoms. The van der Waals surface area contributed by atoms with Crippen LogP contribution in [0.25, 0.3) is 0 Å². The number of hydrogen-bond acceptors (Lipinski definition) is 2. The number of rotatable bonds is 5. The molecule has 0 bridgehead atoms. The summed E-state index contributed by atoms with van der Waals surface area (Å²) in [5.74, 6) is 0. The summed E-state index contributed by atoms with van der Waals surface area (Å²) < 4.78 is 5.84. The van der Waals surface area contributed by atoms with Gasteiger partial charge < -0.3 is 9.64 Å². The Bertz CT molecular complexity index is 610. The summed E-state index contributed by atoms with van der Waals surface area (Å²) in [4.78, 5) is 2.40. The van der Waals surface area contributed by atoms with Gasteiger partial charge in [-0.1, -0.05) is 61.5 Å². The molecule has 2 nitrogen and oxygen atoms in total. The van der Waals surface area contributed by atoms with Gasteiger partial charge in [-0.2, -0.15) is 0 Å². The maximum Gasteiger partial charge on any atom is 0.0720 e. The zero-order valence-corrected chi connectivity index (χ0v) is 13.6. The Morgan fingerprint density at radius 2 is 1.77 bits per heavy atom. The van der Waals surface area contributed by atoms with Crippen molar-refractivity contribution < 1.29 is 4.74 Å². The zero-order chi connectivity index (χ0) is 15.4. The van der Waals surface area contributed by atoms with Crippen LogP contribution in [-0.2, 0) is 23.3 Å². The van der Waals surface area contributed by atoms with E-state index in [0.29, 0.717) is 0 Å². The Morgan fingerprint density at radius 1 is 1.05 bits per heavy atom. The number of nitrogens with zero attached hydrogens (tertiary/aromatic N) is 1. The third-order valence-electron chi connectivity index (χ3n) is 4.69. The Labute approximate surface area is 133 Å². The second-order valence-corrected chi connectivity index (χ2v) is 6.68. The quantitative estimate of drug-likeness (QED) is 0.827. The molecule has 116 valence electrons. The SMILES string of the molecule is CN(CCC1(C)COCc2ccccc21)Cc1ccccc1. The van der Waals surface area contributed by atoms with Gasteiger partial charge in [0.1, 0.15) is 0 Å². The minimum atomic E-state index is 0.125. The van der Waals surface area contributed by atoms with Gasteiger partial charge in [0.05, 0.1) is 13.2 Å². The van der Waals surface area contributed by atoms with Crippen LogP contribution in [0.4, 0.5) is 0 Å². The Hall–Kier alpha value is -1.64. The van der Waals surface area contributed by atoms with Crippen molar-refractivity contribution >= 4 is 0 Å². The van der Waals surface area contributed by atoms with E-state index in [1.165, 1.54) is 16.7 Å². The Balaban J connectivity index is 1.64. The lowest BCUT2D eigenvalue weighted by molar-refractivity contribution is 0.0503. The molecule has 0 aliphatic carbocycles. The van der Waals surface area contributed by atoms with Crippen molar-refractivity contribution in [3.05, 3.63) is 71.3 Å². The normalized spacial score (nSPS) is 20.9. The van der Waals surface area contributed by atoms with E-state index in [9.17, 15) is 0 Å². The molecule has 0 N–H and O–H groups in total. The predicted molar refractivity (Wildman–Crippen MR) is 90.8 cm³/mol. The van der Waals surface area contributed by atoms with Gasteiger partial charge in [-0.25, -0.2) is 0 Å². The van der Waals surface area contributed by atoms with Crippen LogP contribution >= 0.6 is 0 Å². The fraction of sp³-hybridized carbons (Fsp3) is 0.400. The molecule has 1 unspecified atom stereocenters. The zero-order valence-electron chi connectivity index (χ0n) is 13.6. The Morgan fingerprint density at radius 3 is 2.59 bits per heavy atom. The van der Waals surface area contributed by atoms with E-state index >= 15 is 0 Å². The molecule has 0 aromatic heterocycles. The molecule has 0 fully saturated rings. The molecule has 0 saturated carbocycles. The van der Waals surface area contributed by atoms with E-state index in [4.69, 9.17) is 4.74 Å². The van der Waals surface area contributed by atoms with E-state index in [1.54, 1.807) is 0 Å². The van der Waals surface area contributed by atoms with Crippen molar-refractivity contribution in [2.75, 3.05) is 20.2 Å². The van der Waals surface area contributed by atoms with E-state index in [2.05, 4.69) is 73.5 Å². The number of ether oxygens (including phenoxy) is 1. The van der Waals surface area contributed by atoms with Gasteiger partial charge in [-0.15, -0.1) is 0 Å². The molecular formula is C20H25NO. The average molecular weight is 295 g/mol. The molecule has 1 aliphatic heterocycles. The fourth-order valence-corrected chi connectivity index (χ4v) is 3.32. The smallest absolute Gasteiger partial charge is 0.0720 e. The predicted octanol–water partition coefficient (Wildman–Crippen LogP) is 4.00. The lowest BCUT2D eigenvalue weighted by Gasteiger charge is -2.37. The monoisotopic (exact) mass is 295 g/mol. The van der Waals surface area contributed by atoms with Crippen LogP contribution in [0.15, 0.2) is 54.6 Å². The van der Waals surface area contributed by atoms with Crippen LogP contribution in [-0.4, -0.2) is 25.1 Å². The Kier molecular flexibility index (Phi) is 4.60. The van der Waals surface area contributed by atoms with Crippen LogP contribution in [0.5, 0.6) is 0 Å². The highest BCUT2D eigenvalue weighted by atomic mass is 16.5. The third kappa shape index (κ3) is 3.40. The molecule has 22 heavy (non-hydrogen) atoms. The summed E-state index contributed by atoms with van der Waals surface area (Å²) in [6.07, 6.45) is 1.12. The molecule has 1 aliphatic rings. The molecule has 0 amide bonds. The van der Waals surface area contributed by atoms with Crippen LogP contribution in [0.3, 0.4) is 0 Å². The van der Waals surface area contributed by atoms with Gasteiger partial charge in [0.15, 0.2) is 0 Å². The summed E-state index contributed by atoms with van der Waals surface area (Å²) in [5, 5.41) is 0. The standard InChI is InChI=1S/C20H25NO/c1-20(16-22-15-18-10-6-7-11-19(18)20)12-13-21(2)14-17-8-4-3-5-9-17/h3-11H,12-16H2,1-2H3. The summed E-state index contributed by atoms with van der Waals surface area (Å²) in [7, 11) is 2.20. The number of benzene rings is 2. The van der Waals surface area contributed by atoms with Crippen LogP contribution in [0.2, 0.25) is 0 Å². The van der Waals surface area contributed by atoms with Crippen molar-refractivity contribution in [1.29, 1.82) is 0 Å². The van der Waals surface area contributed by atoms with Gasteiger partial charge in [-0.3, -0.25) is 0 Å². The maximum atomic E-state index is 5.84. The van der Waals surface area contributed by atoms with Crippen molar-refractivity contribution in [1.82, 2.24) is 4.90 Å². The highest BCUT2D eigenvalue weighted by Gasteiger charge is 2.32. The third-order valence-corrected chi connectivity index (χ3v) is 4.69. The van der Waals surface area contributed by atoms with Crippen molar-refractivity contribution in [3.63, 3.8) is 0 Å². The van der Waals surface area contributed by atoms with Gasteiger partial charge in [0, 0.05) is 12.0 Å². The first-order chi connectivity index (χ1) is 10.7. The molecule has 3 rings (SSSR count). The summed E-state index contributed by atoms with van der Waals surface area (Å²) >= 11 is 0. The molecule has 2 aromatic carbocycles. The van der Waals surface area contributed by atoms with Gasteiger partial charge in [0.25, 0.3) is 0 Å². The minimum absolute atomic E-state index is 0.125. The number of hydrogen-bond donors (Lipinski definition) is 0. The molecule has 0 spiro atoms. The van der Waals surface area contributed by atoms with Crippen LogP contribution in [0.1, 0.15) is 30.0 Å². The highest BCUT2D eigenvalue weighted by Crippen LogP contribution is 2.35. The first-order valence-electron chi connectivity index (χ1n) is 8.06. The van der Waals surface area contributed by atoms with Crippen LogP contribution in [0, 0.1) is 0 Å². The molecule has 1 atom stereocenters. The average Bonchev–Trinajstić information content (AvgIpc) is 2.55. The molecular weight excluding hydrogens is 270 g/mol.